The highest BCUT2D eigenvalue weighted by Gasteiger charge is 2.30. The van der Waals surface area contributed by atoms with Gasteiger partial charge in [0.1, 0.15) is 5.82 Å². The number of rotatable bonds is 7. The van der Waals surface area contributed by atoms with Gasteiger partial charge in [0.15, 0.2) is 0 Å². The van der Waals surface area contributed by atoms with Gasteiger partial charge in [-0.2, -0.15) is 0 Å². The minimum atomic E-state index is -0.383. The van der Waals surface area contributed by atoms with Crippen LogP contribution in [0.2, 0.25) is 0 Å². The van der Waals surface area contributed by atoms with Crippen molar-refractivity contribution in [3.63, 3.8) is 0 Å². The molecular formula is C16H25FN2OS. The summed E-state index contributed by atoms with van der Waals surface area (Å²) in [5, 5.41) is 3.05. The number of thioether (sulfide) groups is 1. The van der Waals surface area contributed by atoms with E-state index in [4.69, 9.17) is 5.73 Å². The van der Waals surface area contributed by atoms with Crippen molar-refractivity contribution in [1.82, 2.24) is 5.32 Å². The van der Waals surface area contributed by atoms with Crippen molar-refractivity contribution in [1.29, 1.82) is 0 Å². The molecular weight excluding hydrogens is 287 g/mol. The first-order chi connectivity index (χ1) is 9.78. The van der Waals surface area contributed by atoms with Crippen LogP contribution in [0.15, 0.2) is 29.2 Å². The standard InChI is InChI=1S/C16H25FN2OS/c1-11(2)16(4,10-18)19-15(20)12(3)9-21-14-7-5-13(17)6-8-14/h5-8,11-12H,9-10,18H2,1-4H3,(H,19,20). The number of benzene rings is 1. The molecule has 0 aliphatic heterocycles. The molecule has 0 saturated carbocycles. The maximum Gasteiger partial charge on any atom is 0.224 e. The van der Waals surface area contributed by atoms with Crippen LogP contribution in [0.4, 0.5) is 4.39 Å². The van der Waals surface area contributed by atoms with Gasteiger partial charge in [0.25, 0.3) is 0 Å². The minimum absolute atomic E-state index is 0.00580. The van der Waals surface area contributed by atoms with Gasteiger partial charge in [0, 0.05) is 23.1 Å². The average molecular weight is 312 g/mol. The highest BCUT2D eigenvalue weighted by atomic mass is 32.2. The van der Waals surface area contributed by atoms with Crippen molar-refractivity contribution < 1.29 is 9.18 Å². The van der Waals surface area contributed by atoms with Crippen molar-refractivity contribution in [2.24, 2.45) is 17.6 Å². The maximum absolute atomic E-state index is 12.8. The Balaban J connectivity index is 2.53. The molecule has 0 saturated heterocycles. The largest absolute Gasteiger partial charge is 0.349 e. The molecule has 0 bridgehead atoms. The van der Waals surface area contributed by atoms with Gasteiger partial charge >= 0.3 is 0 Å². The summed E-state index contributed by atoms with van der Waals surface area (Å²) in [4.78, 5) is 13.2. The molecule has 5 heteroatoms. The summed E-state index contributed by atoms with van der Waals surface area (Å²) in [7, 11) is 0. The molecule has 0 aliphatic rings. The second-order valence-electron chi connectivity index (χ2n) is 5.93. The first-order valence-electron chi connectivity index (χ1n) is 7.19. The van der Waals surface area contributed by atoms with E-state index < -0.39 is 0 Å². The first kappa shape index (κ1) is 18.0. The quantitative estimate of drug-likeness (QED) is 0.761. The summed E-state index contributed by atoms with van der Waals surface area (Å²) in [5.41, 5.74) is 5.40. The lowest BCUT2D eigenvalue weighted by atomic mass is 9.88. The normalized spacial score (nSPS) is 15.6. The van der Waals surface area contributed by atoms with E-state index in [2.05, 4.69) is 5.32 Å². The van der Waals surface area contributed by atoms with Gasteiger partial charge in [-0.15, -0.1) is 11.8 Å². The van der Waals surface area contributed by atoms with Gasteiger partial charge in [-0.1, -0.05) is 20.8 Å². The fraction of sp³-hybridized carbons (Fsp3) is 0.562. The molecule has 3 N–H and O–H groups in total. The summed E-state index contributed by atoms with van der Waals surface area (Å²) < 4.78 is 12.8. The molecule has 3 nitrogen and oxygen atoms in total. The van der Waals surface area contributed by atoms with Gasteiger partial charge in [-0.3, -0.25) is 4.79 Å². The maximum atomic E-state index is 12.8. The van der Waals surface area contributed by atoms with Gasteiger partial charge in [-0.25, -0.2) is 4.39 Å². The molecule has 1 aromatic rings. The average Bonchev–Trinajstić information content (AvgIpc) is 2.45. The van der Waals surface area contributed by atoms with Crippen molar-refractivity contribution in [3.05, 3.63) is 30.1 Å². The van der Waals surface area contributed by atoms with Crippen LogP contribution in [0, 0.1) is 17.7 Å². The van der Waals surface area contributed by atoms with Crippen LogP contribution in [0.25, 0.3) is 0 Å². The molecule has 0 radical (unpaired) electrons. The summed E-state index contributed by atoms with van der Waals surface area (Å²) in [5.74, 6) is 0.538. The van der Waals surface area contributed by atoms with Crippen molar-refractivity contribution in [2.75, 3.05) is 12.3 Å². The zero-order valence-corrected chi connectivity index (χ0v) is 14.0. The second-order valence-corrected chi connectivity index (χ2v) is 7.02. The van der Waals surface area contributed by atoms with Crippen LogP contribution in [0.5, 0.6) is 0 Å². The van der Waals surface area contributed by atoms with Crippen LogP contribution < -0.4 is 11.1 Å². The van der Waals surface area contributed by atoms with E-state index in [0.717, 1.165) is 4.90 Å². The summed E-state index contributed by atoms with van der Waals surface area (Å²) in [6.45, 7) is 8.36. The minimum Gasteiger partial charge on any atom is -0.349 e. The van der Waals surface area contributed by atoms with Crippen molar-refractivity contribution in [2.45, 2.75) is 38.1 Å². The van der Waals surface area contributed by atoms with E-state index >= 15 is 0 Å². The highest BCUT2D eigenvalue weighted by molar-refractivity contribution is 7.99. The zero-order chi connectivity index (χ0) is 16.0. The molecule has 0 heterocycles. The number of nitrogens with one attached hydrogen (secondary N) is 1. The predicted octanol–water partition coefficient (Wildman–Crippen LogP) is 3.04. The lowest BCUT2D eigenvalue weighted by Crippen LogP contribution is -2.56. The van der Waals surface area contributed by atoms with Crippen LogP contribution in [-0.2, 0) is 4.79 Å². The van der Waals surface area contributed by atoms with E-state index in [1.54, 1.807) is 23.9 Å². The molecule has 0 aromatic heterocycles. The third kappa shape index (κ3) is 5.32. The molecule has 0 spiro atoms. The van der Waals surface area contributed by atoms with Crippen LogP contribution in [0.3, 0.4) is 0 Å². The van der Waals surface area contributed by atoms with Crippen LogP contribution >= 0.6 is 11.8 Å². The number of carbonyl (C=O) groups is 1. The molecule has 21 heavy (non-hydrogen) atoms. The van der Waals surface area contributed by atoms with E-state index in [0.29, 0.717) is 12.3 Å². The Labute approximate surface area is 130 Å². The molecule has 2 atom stereocenters. The number of hydrogen-bond acceptors (Lipinski definition) is 3. The number of amides is 1. The highest BCUT2D eigenvalue weighted by Crippen LogP contribution is 2.22. The Morgan fingerprint density at radius 3 is 2.38 bits per heavy atom. The predicted molar refractivity (Wildman–Crippen MR) is 86.7 cm³/mol. The van der Waals surface area contributed by atoms with Gasteiger partial charge in [0.2, 0.25) is 5.91 Å². The summed E-state index contributed by atoms with van der Waals surface area (Å²) in [6.07, 6.45) is 0. The smallest absolute Gasteiger partial charge is 0.224 e. The molecule has 1 rings (SSSR count). The number of halogens is 1. The second kappa shape index (κ2) is 7.80. The Kier molecular flexibility index (Phi) is 6.68. The fourth-order valence-corrected chi connectivity index (χ4v) is 2.59. The molecule has 0 aliphatic carbocycles. The number of hydrogen-bond donors (Lipinski definition) is 2. The lowest BCUT2D eigenvalue weighted by Gasteiger charge is -2.34. The first-order valence-corrected chi connectivity index (χ1v) is 8.17. The fourth-order valence-electron chi connectivity index (χ4n) is 1.66. The lowest BCUT2D eigenvalue weighted by molar-refractivity contribution is -0.126. The van der Waals surface area contributed by atoms with Crippen molar-refractivity contribution in [3.8, 4) is 0 Å². The van der Waals surface area contributed by atoms with E-state index in [9.17, 15) is 9.18 Å². The van der Waals surface area contributed by atoms with Gasteiger partial charge in [0.05, 0.1) is 5.54 Å². The Morgan fingerprint density at radius 2 is 1.90 bits per heavy atom. The zero-order valence-electron chi connectivity index (χ0n) is 13.2. The Bertz CT molecular complexity index is 464. The molecule has 118 valence electrons. The van der Waals surface area contributed by atoms with Crippen molar-refractivity contribution >= 4 is 17.7 Å². The molecule has 1 aromatic carbocycles. The van der Waals surface area contributed by atoms with Crippen LogP contribution in [0.1, 0.15) is 27.7 Å². The van der Waals surface area contributed by atoms with Gasteiger partial charge in [-0.05, 0) is 37.1 Å². The van der Waals surface area contributed by atoms with E-state index in [1.807, 2.05) is 27.7 Å². The number of nitrogens with two attached hydrogens (primary N) is 1. The topological polar surface area (TPSA) is 55.1 Å². The number of carbonyl (C=O) groups excluding carboxylic acids is 1. The van der Waals surface area contributed by atoms with E-state index in [1.165, 1.54) is 12.1 Å². The summed E-state index contributed by atoms with van der Waals surface area (Å²) in [6, 6.07) is 6.31. The molecule has 1 amide bonds. The third-order valence-corrected chi connectivity index (χ3v) is 5.14. The Hall–Kier alpha value is -1.07. The van der Waals surface area contributed by atoms with Gasteiger partial charge < -0.3 is 11.1 Å². The third-order valence-electron chi connectivity index (χ3n) is 3.87. The molecule has 2 unspecified atom stereocenters. The SMILES string of the molecule is CC(CSc1ccc(F)cc1)C(=O)NC(C)(CN)C(C)C. The van der Waals surface area contributed by atoms with Crippen LogP contribution in [-0.4, -0.2) is 23.7 Å². The Morgan fingerprint density at radius 1 is 1.33 bits per heavy atom. The molecule has 0 fully saturated rings. The monoisotopic (exact) mass is 312 g/mol. The summed E-state index contributed by atoms with van der Waals surface area (Å²) >= 11 is 1.55. The van der Waals surface area contributed by atoms with E-state index in [-0.39, 0.29) is 29.1 Å².